The molecule has 0 bridgehead atoms. The van der Waals surface area contributed by atoms with Gasteiger partial charge in [0.25, 0.3) is 0 Å². The lowest BCUT2D eigenvalue weighted by atomic mass is 9.78. The summed E-state index contributed by atoms with van der Waals surface area (Å²) < 4.78 is 0. The minimum atomic E-state index is -0.680. The van der Waals surface area contributed by atoms with Crippen LogP contribution in [-0.4, -0.2) is 16.7 Å². The smallest absolute Gasteiger partial charge is 0.237 e. The molecule has 0 saturated heterocycles. The summed E-state index contributed by atoms with van der Waals surface area (Å²) >= 11 is 0. The van der Waals surface area contributed by atoms with Crippen LogP contribution in [0.15, 0.2) is 42.5 Å². The monoisotopic (exact) mass is 338 g/mol. The lowest BCUT2D eigenvalue weighted by molar-refractivity contribution is 0.0815. The first-order chi connectivity index (χ1) is 11.4. The summed E-state index contributed by atoms with van der Waals surface area (Å²) in [4.78, 5) is 25.4. The SMILES string of the molecule is CC(C)(C)c1cc(C(=O)C(=O)c2ccccc2)c(O)c(C(C)(C)C)c1. The molecule has 0 saturated carbocycles. The Kier molecular flexibility index (Phi) is 4.90. The Morgan fingerprint density at radius 2 is 1.36 bits per heavy atom. The number of phenols is 1. The third kappa shape index (κ3) is 3.98. The van der Waals surface area contributed by atoms with Crippen LogP contribution in [0.1, 0.15) is 73.4 Å². The normalized spacial score (nSPS) is 12.1. The second-order valence-electron chi connectivity index (χ2n) is 8.44. The largest absolute Gasteiger partial charge is 0.507 e. The maximum Gasteiger partial charge on any atom is 0.237 e. The van der Waals surface area contributed by atoms with Crippen molar-refractivity contribution in [1.29, 1.82) is 0 Å². The first kappa shape index (κ1) is 18.9. The number of Topliss-reactive ketones (excluding diaryl/α,β-unsaturated/α-hetero) is 2. The van der Waals surface area contributed by atoms with E-state index in [-0.39, 0.29) is 22.1 Å². The van der Waals surface area contributed by atoms with Crippen molar-refractivity contribution in [2.24, 2.45) is 0 Å². The van der Waals surface area contributed by atoms with Crippen molar-refractivity contribution in [3.05, 3.63) is 64.7 Å². The molecule has 1 N–H and O–H groups in total. The molecule has 0 aromatic heterocycles. The standard InChI is InChI=1S/C22H26O3/c1-21(2,3)15-12-16(19(24)17(13-15)22(4,5)6)20(25)18(23)14-10-8-7-9-11-14/h7-13,24H,1-6H3. The maximum atomic E-state index is 12.8. The van der Waals surface area contributed by atoms with Gasteiger partial charge in [-0.3, -0.25) is 9.59 Å². The number of ketones is 2. The number of hydrogen-bond acceptors (Lipinski definition) is 3. The average Bonchev–Trinajstić information content (AvgIpc) is 2.52. The average molecular weight is 338 g/mol. The van der Waals surface area contributed by atoms with Crippen molar-refractivity contribution >= 4 is 11.6 Å². The minimum absolute atomic E-state index is 0.0752. The van der Waals surface area contributed by atoms with Gasteiger partial charge in [-0.15, -0.1) is 0 Å². The maximum absolute atomic E-state index is 12.8. The van der Waals surface area contributed by atoms with Crippen LogP contribution in [-0.2, 0) is 10.8 Å². The van der Waals surface area contributed by atoms with Crippen LogP contribution in [0, 0.1) is 0 Å². The van der Waals surface area contributed by atoms with Crippen LogP contribution < -0.4 is 0 Å². The van der Waals surface area contributed by atoms with Gasteiger partial charge in [0.1, 0.15) is 5.75 Å². The van der Waals surface area contributed by atoms with Crippen molar-refractivity contribution in [2.45, 2.75) is 52.4 Å². The van der Waals surface area contributed by atoms with Gasteiger partial charge in [0, 0.05) is 11.1 Å². The van der Waals surface area contributed by atoms with Crippen LogP contribution >= 0.6 is 0 Å². The number of aromatic hydroxyl groups is 1. The number of rotatable bonds is 3. The Bertz CT molecular complexity index is 804. The van der Waals surface area contributed by atoms with Gasteiger partial charge in [0.2, 0.25) is 11.6 Å². The predicted molar refractivity (Wildman–Crippen MR) is 101 cm³/mol. The zero-order valence-electron chi connectivity index (χ0n) is 15.8. The van der Waals surface area contributed by atoms with Crippen molar-refractivity contribution in [3.8, 4) is 5.75 Å². The van der Waals surface area contributed by atoms with E-state index in [4.69, 9.17) is 0 Å². The van der Waals surface area contributed by atoms with E-state index in [1.54, 1.807) is 36.4 Å². The van der Waals surface area contributed by atoms with Crippen LogP contribution in [0.4, 0.5) is 0 Å². The fraction of sp³-hybridized carbons (Fsp3) is 0.364. The summed E-state index contributed by atoms with van der Waals surface area (Å²) in [5.74, 6) is -1.39. The van der Waals surface area contributed by atoms with E-state index in [9.17, 15) is 14.7 Å². The number of carbonyl (C=O) groups is 2. The Morgan fingerprint density at radius 3 is 1.84 bits per heavy atom. The molecule has 0 aliphatic rings. The molecule has 2 aromatic rings. The summed E-state index contributed by atoms with van der Waals surface area (Å²) in [5.41, 5.74) is 1.43. The number of benzene rings is 2. The summed E-state index contributed by atoms with van der Waals surface area (Å²) in [6.07, 6.45) is 0. The molecule has 2 rings (SSSR count). The first-order valence-electron chi connectivity index (χ1n) is 8.45. The molecule has 25 heavy (non-hydrogen) atoms. The van der Waals surface area contributed by atoms with Crippen LogP contribution in [0.5, 0.6) is 5.75 Å². The van der Waals surface area contributed by atoms with E-state index >= 15 is 0 Å². The van der Waals surface area contributed by atoms with E-state index in [0.717, 1.165) is 5.56 Å². The predicted octanol–water partition coefficient (Wildman–Crippen LogP) is 5.05. The van der Waals surface area contributed by atoms with Crippen molar-refractivity contribution < 1.29 is 14.7 Å². The molecular weight excluding hydrogens is 312 g/mol. The van der Waals surface area contributed by atoms with Crippen LogP contribution in [0.2, 0.25) is 0 Å². The highest BCUT2D eigenvalue weighted by Crippen LogP contribution is 2.38. The summed E-state index contributed by atoms with van der Waals surface area (Å²) in [7, 11) is 0. The van der Waals surface area contributed by atoms with Crippen molar-refractivity contribution in [2.75, 3.05) is 0 Å². The molecule has 0 radical (unpaired) electrons. The van der Waals surface area contributed by atoms with Crippen LogP contribution in [0.3, 0.4) is 0 Å². The van der Waals surface area contributed by atoms with E-state index < -0.39 is 11.6 Å². The molecule has 3 nitrogen and oxygen atoms in total. The van der Waals surface area contributed by atoms with Gasteiger partial charge < -0.3 is 5.11 Å². The molecule has 0 aliphatic heterocycles. The molecule has 0 heterocycles. The Balaban J connectivity index is 2.64. The number of carbonyl (C=O) groups excluding carboxylic acids is 2. The summed E-state index contributed by atoms with van der Waals surface area (Å²) in [6.45, 7) is 12.0. The molecule has 0 unspecified atom stereocenters. The Hall–Kier alpha value is -2.42. The third-order valence-electron chi connectivity index (χ3n) is 4.27. The van der Waals surface area contributed by atoms with E-state index in [1.165, 1.54) is 0 Å². The molecule has 132 valence electrons. The fourth-order valence-electron chi connectivity index (χ4n) is 2.66. The minimum Gasteiger partial charge on any atom is -0.507 e. The quantitative estimate of drug-likeness (QED) is 0.629. The van der Waals surface area contributed by atoms with Crippen LogP contribution in [0.25, 0.3) is 0 Å². The van der Waals surface area contributed by atoms with E-state index in [2.05, 4.69) is 0 Å². The third-order valence-corrected chi connectivity index (χ3v) is 4.27. The lowest BCUT2D eigenvalue weighted by Gasteiger charge is -2.27. The molecule has 0 spiro atoms. The second-order valence-corrected chi connectivity index (χ2v) is 8.44. The van der Waals surface area contributed by atoms with Crippen molar-refractivity contribution in [3.63, 3.8) is 0 Å². The highest BCUT2D eigenvalue weighted by atomic mass is 16.3. The fourth-order valence-corrected chi connectivity index (χ4v) is 2.66. The van der Waals surface area contributed by atoms with Gasteiger partial charge in [0.15, 0.2) is 0 Å². The molecule has 0 atom stereocenters. The van der Waals surface area contributed by atoms with Gasteiger partial charge >= 0.3 is 0 Å². The summed E-state index contributed by atoms with van der Waals surface area (Å²) in [6, 6.07) is 12.0. The Morgan fingerprint density at radius 1 is 0.800 bits per heavy atom. The topological polar surface area (TPSA) is 54.4 Å². The van der Waals surface area contributed by atoms with Gasteiger partial charge in [-0.05, 0) is 22.5 Å². The highest BCUT2D eigenvalue weighted by molar-refractivity contribution is 6.49. The number of hydrogen-bond donors (Lipinski definition) is 1. The van der Waals surface area contributed by atoms with Gasteiger partial charge in [-0.1, -0.05) is 77.9 Å². The molecule has 0 fully saturated rings. The molecule has 0 amide bonds. The van der Waals surface area contributed by atoms with Crippen molar-refractivity contribution in [1.82, 2.24) is 0 Å². The van der Waals surface area contributed by atoms with Gasteiger partial charge in [-0.25, -0.2) is 0 Å². The number of phenolic OH excluding ortho intramolecular Hbond substituents is 1. The zero-order chi connectivity index (χ0) is 19.0. The molecule has 0 aliphatic carbocycles. The second kappa shape index (κ2) is 6.47. The lowest BCUT2D eigenvalue weighted by Crippen LogP contribution is -2.21. The zero-order valence-corrected chi connectivity index (χ0v) is 15.8. The van der Waals surface area contributed by atoms with E-state index in [0.29, 0.717) is 11.1 Å². The molecule has 2 aromatic carbocycles. The highest BCUT2D eigenvalue weighted by Gasteiger charge is 2.29. The molecular formula is C22H26O3. The van der Waals surface area contributed by atoms with E-state index in [1.807, 2.05) is 47.6 Å². The first-order valence-corrected chi connectivity index (χ1v) is 8.45. The molecule has 3 heteroatoms. The van der Waals surface area contributed by atoms with Gasteiger partial charge in [-0.2, -0.15) is 0 Å². The Labute approximate surface area is 149 Å². The van der Waals surface area contributed by atoms with Gasteiger partial charge in [0.05, 0.1) is 5.56 Å². The summed E-state index contributed by atoms with van der Waals surface area (Å²) in [5, 5.41) is 10.7.